The first kappa shape index (κ1) is 32.8. The number of thiophene rings is 1. The van der Waals surface area contributed by atoms with E-state index in [1.165, 1.54) is 36.3 Å². The molecule has 4 heterocycles. The molecule has 3 aromatic heterocycles. The number of rotatable bonds is 5. The lowest BCUT2D eigenvalue weighted by Crippen LogP contribution is -2.15. The van der Waals surface area contributed by atoms with Gasteiger partial charge in [0.15, 0.2) is 0 Å². The highest BCUT2D eigenvalue weighted by molar-refractivity contribution is 7.26. The molecule has 272 valence electrons. The summed E-state index contributed by atoms with van der Waals surface area (Å²) in [5.74, 6) is 1.34. The summed E-state index contributed by atoms with van der Waals surface area (Å²) in [6, 6.07) is 63.4. The molecule has 0 saturated heterocycles. The third-order valence-electron chi connectivity index (χ3n) is 11.2. The summed E-state index contributed by atoms with van der Waals surface area (Å²) in [6.45, 7) is 0. The predicted octanol–water partition coefficient (Wildman–Crippen LogP) is 14.3. The van der Waals surface area contributed by atoms with Crippen molar-refractivity contribution in [2.45, 2.75) is 6.17 Å². The predicted molar refractivity (Wildman–Crippen MR) is 242 cm³/mol. The van der Waals surface area contributed by atoms with Crippen molar-refractivity contribution in [3.63, 3.8) is 0 Å². The number of furan rings is 1. The van der Waals surface area contributed by atoms with E-state index in [2.05, 4.69) is 121 Å². The lowest BCUT2D eigenvalue weighted by Gasteiger charge is -2.32. The fraction of sp³-hybridized carbons (Fsp3) is 0.0192. The summed E-state index contributed by atoms with van der Waals surface area (Å²) in [7, 11) is 0. The molecule has 12 rings (SSSR count). The first-order valence-corrected chi connectivity index (χ1v) is 20.2. The van der Waals surface area contributed by atoms with Crippen LogP contribution in [0.5, 0.6) is 0 Å². The van der Waals surface area contributed by atoms with Crippen molar-refractivity contribution in [1.29, 1.82) is 0 Å². The fourth-order valence-electron chi connectivity index (χ4n) is 8.48. The number of hydrogen-bond donors (Lipinski definition) is 0. The highest BCUT2D eigenvalue weighted by Gasteiger charge is 2.20. The van der Waals surface area contributed by atoms with E-state index in [9.17, 15) is 0 Å². The molecule has 1 aliphatic rings. The molecular formula is C52H31N4OS-. The van der Waals surface area contributed by atoms with Crippen molar-refractivity contribution in [3.05, 3.63) is 204 Å². The van der Waals surface area contributed by atoms with Gasteiger partial charge in [0.1, 0.15) is 11.2 Å². The van der Waals surface area contributed by atoms with Gasteiger partial charge in [-0.15, -0.1) is 11.3 Å². The Morgan fingerprint density at radius 2 is 1.24 bits per heavy atom. The molecule has 1 aliphatic heterocycles. The standard InChI is InChI=1S/C52H31N4OS/c1-4-13-31(14-5-1)47-40-26-25-38-42-29-34(24-28-45(42)58-49(38)46(40)39-19-10-11-22-43(39)53-47)36-20-12-21-37-41-30-35(23-27-44(41)57-48(36)37)52-55-50(32-15-6-2-7-16-32)54-51(56-52)33-17-8-3-9-18-33/h1-30,52H/q-1. The summed E-state index contributed by atoms with van der Waals surface area (Å²) in [6.07, 6.45) is -0.456. The van der Waals surface area contributed by atoms with E-state index in [4.69, 9.17) is 24.7 Å². The van der Waals surface area contributed by atoms with Gasteiger partial charge in [-0.1, -0.05) is 157 Å². The average Bonchev–Trinajstić information content (AvgIpc) is 3.87. The second kappa shape index (κ2) is 13.1. The number of nitrogens with zero attached hydrogens (tertiary/aromatic N) is 4. The zero-order valence-corrected chi connectivity index (χ0v) is 31.8. The van der Waals surface area contributed by atoms with Crippen LogP contribution in [0.15, 0.2) is 196 Å². The SMILES string of the molecule is c1ccc(C2=NC(c3ccc4oc5c(-c6ccc7sc8c(ccc9c(-c%10ccccc%10)nc%10ccccc%10c98)c7c6)cccc5c4c3)[N-]C(c3ccccc3)=N2)cc1. The van der Waals surface area contributed by atoms with E-state index in [0.29, 0.717) is 11.7 Å². The Balaban J connectivity index is 0.980. The second-order valence-corrected chi connectivity index (χ2v) is 15.7. The van der Waals surface area contributed by atoms with E-state index < -0.39 is 6.17 Å². The number of fused-ring (bicyclic) bond motifs is 10. The van der Waals surface area contributed by atoms with Crippen LogP contribution in [0, 0.1) is 0 Å². The minimum absolute atomic E-state index is 0.456. The highest BCUT2D eigenvalue weighted by Crippen LogP contribution is 2.45. The normalized spacial score (nSPS) is 14.4. The van der Waals surface area contributed by atoms with Crippen molar-refractivity contribution < 1.29 is 4.42 Å². The van der Waals surface area contributed by atoms with Crippen LogP contribution in [-0.4, -0.2) is 16.7 Å². The van der Waals surface area contributed by atoms with Gasteiger partial charge in [-0.05, 0) is 52.6 Å². The summed E-state index contributed by atoms with van der Waals surface area (Å²) < 4.78 is 9.24. The lowest BCUT2D eigenvalue weighted by molar-refractivity contribution is 0.669. The highest BCUT2D eigenvalue weighted by atomic mass is 32.1. The zero-order valence-electron chi connectivity index (χ0n) is 31.0. The maximum absolute atomic E-state index is 6.71. The van der Waals surface area contributed by atoms with Crippen LogP contribution in [0.1, 0.15) is 22.9 Å². The molecule has 1 unspecified atom stereocenters. The van der Waals surface area contributed by atoms with Crippen LogP contribution in [0.3, 0.4) is 0 Å². The Morgan fingerprint density at radius 1 is 0.517 bits per heavy atom. The Hall–Kier alpha value is -7.41. The van der Waals surface area contributed by atoms with E-state index in [1.807, 2.05) is 72.0 Å². The molecule has 0 spiro atoms. The van der Waals surface area contributed by atoms with Gasteiger partial charge in [-0.3, -0.25) is 4.99 Å². The number of benzene rings is 8. The van der Waals surface area contributed by atoms with Gasteiger partial charge in [0, 0.05) is 58.2 Å². The molecule has 11 aromatic rings. The van der Waals surface area contributed by atoms with Crippen LogP contribution in [0.2, 0.25) is 0 Å². The Kier molecular flexibility index (Phi) is 7.40. The quantitative estimate of drug-likeness (QED) is 0.164. The maximum Gasteiger partial charge on any atom is 0.143 e. The Labute approximate surface area is 337 Å². The molecule has 0 fully saturated rings. The third-order valence-corrected chi connectivity index (χ3v) is 12.4. The molecular weight excluding hydrogens is 729 g/mol. The molecule has 0 radical (unpaired) electrons. The average molecular weight is 760 g/mol. The van der Waals surface area contributed by atoms with Crippen LogP contribution in [-0.2, 0) is 0 Å². The molecule has 8 aromatic carbocycles. The number of hydrogen-bond acceptors (Lipinski definition) is 5. The molecule has 0 N–H and O–H groups in total. The smallest absolute Gasteiger partial charge is 0.143 e. The van der Waals surface area contributed by atoms with Crippen molar-refractivity contribution in [1.82, 2.24) is 4.98 Å². The summed E-state index contributed by atoms with van der Waals surface area (Å²) in [4.78, 5) is 15.2. The topological polar surface area (TPSA) is 64.8 Å². The van der Waals surface area contributed by atoms with Gasteiger partial charge in [0.25, 0.3) is 0 Å². The van der Waals surface area contributed by atoms with E-state index in [0.717, 1.165) is 66.5 Å². The molecule has 6 heteroatoms. The first-order valence-electron chi connectivity index (χ1n) is 19.4. The molecule has 1 atom stereocenters. The molecule has 0 aliphatic carbocycles. The zero-order chi connectivity index (χ0) is 38.2. The maximum atomic E-state index is 6.71. The van der Waals surface area contributed by atoms with Crippen LogP contribution < -0.4 is 0 Å². The fourth-order valence-corrected chi connectivity index (χ4v) is 9.72. The number of amidine groups is 2. The third kappa shape index (κ3) is 5.26. The number of aromatic nitrogens is 1. The van der Waals surface area contributed by atoms with Gasteiger partial charge >= 0.3 is 0 Å². The second-order valence-electron chi connectivity index (χ2n) is 14.7. The summed E-state index contributed by atoms with van der Waals surface area (Å²) >= 11 is 1.85. The van der Waals surface area contributed by atoms with Gasteiger partial charge in [-0.2, -0.15) is 0 Å². The molecule has 58 heavy (non-hydrogen) atoms. The van der Waals surface area contributed by atoms with Crippen molar-refractivity contribution in [2.24, 2.45) is 9.98 Å². The minimum Gasteiger partial charge on any atom is -0.455 e. The minimum atomic E-state index is -0.456. The van der Waals surface area contributed by atoms with E-state index in [-0.39, 0.29) is 0 Å². The Morgan fingerprint density at radius 3 is 2.07 bits per heavy atom. The molecule has 5 nitrogen and oxygen atoms in total. The van der Waals surface area contributed by atoms with Crippen molar-refractivity contribution in [3.8, 4) is 22.4 Å². The molecule has 0 saturated carbocycles. The van der Waals surface area contributed by atoms with Crippen LogP contribution in [0.25, 0.3) is 91.5 Å². The van der Waals surface area contributed by atoms with Gasteiger partial charge in [-0.25, -0.2) is 4.98 Å². The van der Waals surface area contributed by atoms with Crippen LogP contribution in [0.4, 0.5) is 0 Å². The lowest BCUT2D eigenvalue weighted by atomic mass is 9.97. The summed E-state index contributed by atoms with van der Waals surface area (Å²) in [5, 5.41) is 13.2. The van der Waals surface area contributed by atoms with Gasteiger partial charge in [0.2, 0.25) is 0 Å². The molecule has 0 amide bonds. The van der Waals surface area contributed by atoms with Gasteiger partial charge < -0.3 is 14.7 Å². The Bertz CT molecular complexity index is 3480. The number of aliphatic imine (C=N–C) groups is 2. The summed E-state index contributed by atoms with van der Waals surface area (Å²) in [5.41, 5.74) is 9.91. The molecule has 0 bridgehead atoms. The van der Waals surface area contributed by atoms with Crippen LogP contribution >= 0.6 is 11.3 Å². The monoisotopic (exact) mass is 759 g/mol. The van der Waals surface area contributed by atoms with Crippen molar-refractivity contribution >= 4 is 86.8 Å². The van der Waals surface area contributed by atoms with Gasteiger partial charge in [0.05, 0.1) is 23.2 Å². The first-order chi connectivity index (χ1) is 28.7. The number of para-hydroxylation sites is 2. The van der Waals surface area contributed by atoms with E-state index >= 15 is 0 Å². The van der Waals surface area contributed by atoms with E-state index in [1.54, 1.807) is 0 Å². The number of pyridine rings is 1. The van der Waals surface area contributed by atoms with Crippen molar-refractivity contribution in [2.75, 3.05) is 0 Å². The largest absolute Gasteiger partial charge is 0.455 e.